The van der Waals surface area contributed by atoms with Crippen LogP contribution < -0.4 is 68.9 Å². The van der Waals surface area contributed by atoms with Crippen LogP contribution in [0.1, 0.15) is 1.43 Å². The van der Waals surface area contributed by atoms with Crippen LogP contribution in [-0.2, 0) is 0 Å². The van der Waals surface area contributed by atoms with E-state index in [9.17, 15) is 5.11 Å². The summed E-state index contributed by atoms with van der Waals surface area (Å²) in [5.74, 6) is 0.199. The van der Waals surface area contributed by atoms with E-state index < -0.39 is 0 Å². The molecule has 5 heteroatoms. The third kappa shape index (κ3) is 3.62. The summed E-state index contributed by atoms with van der Waals surface area (Å²) in [4.78, 5) is 13.7. The van der Waals surface area contributed by atoms with Crippen LogP contribution in [0, 0.1) is 0 Å². The van der Waals surface area contributed by atoms with Crippen LogP contribution in [0.4, 0.5) is 0 Å². The first kappa shape index (κ1) is 19.6. The van der Waals surface area contributed by atoms with E-state index in [1.807, 2.05) is 48.5 Å². The average Bonchev–Trinajstić information content (AvgIpc) is 2.74. The zero-order chi connectivity index (χ0) is 18.2. The molecule has 1 N–H and O–H groups in total. The minimum absolute atomic E-state index is 0. The van der Waals surface area contributed by atoms with Crippen molar-refractivity contribution in [2.75, 3.05) is 0 Å². The Morgan fingerprint density at radius 2 is 1.46 bits per heavy atom. The molecule has 2 aromatic carbocycles. The molecule has 0 atom stereocenters. The van der Waals surface area contributed by atoms with Gasteiger partial charge in [-0.15, -0.1) is 0 Å². The Morgan fingerprint density at radius 3 is 2.29 bits per heavy atom. The molecule has 0 amide bonds. The van der Waals surface area contributed by atoms with Crippen LogP contribution in [-0.4, -0.2) is 20.1 Å². The molecule has 0 aliphatic heterocycles. The van der Waals surface area contributed by atoms with Crippen molar-refractivity contribution >= 4 is 21.8 Å². The Balaban J connectivity index is 0.00000120. The first-order valence-corrected chi connectivity index (χ1v) is 8.69. The standard InChI is InChI=1S/C23H15N3O.Cs.H/c27-21-11-9-17(14-18(21)20-5-1-2-12-24-20)19-10-8-16-7-6-15-4-3-13-25-22(15)23(16)26-19;;/h1-14,27H;;/q;+1;-1. The average molecular weight is 483 g/mol. The number of fused-ring (bicyclic) bond motifs is 3. The summed E-state index contributed by atoms with van der Waals surface area (Å²) in [5, 5.41) is 12.4. The number of phenolic OH excluding ortho intramolecular Hbond substituents is 1. The van der Waals surface area contributed by atoms with Gasteiger partial charge in [0.15, 0.2) is 0 Å². The summed E-state index contributed by atoms with van der Waals surface area (Å²) in [5.41, 5.74) is 4.93. The fraction of sp³-hybridized carbons (Fsp3) is 0. The minimum Gasteiger partial charge on any atom is -1.00 e. The Hall–Kier alpha value is -1.74. The Kier molecular flexibility index (Phi) is 5.82. The molecule has 0 radical (unpaired) electrons. The van der Waals surface area contributed by atoms with E-state index >= 15 is 0 Å². The number of aromatic nitrogens is 3. The van der Waals surface area contributed by atoms with Gasteiger partial charge in [-0.3, -0.25) is 9.97 Å². The first-order chi connectivity index (χ1) is 13.3. The Morgan fingerprint density at radius 1 is 0.679 bits per heavy atom. The van der Waals surface area contributed by atoms with Gasteiger partial charge in [0.25, 0.3) is 0 Å². The van der Waals surface area contributed by atoms with Gasteiger partial charge in [0.05, 0.1) is 22.4 Å². The van der Waals surface area contributed by atoms with Crippen LogP contribution in [0.2, 0.25) is 0 Å². The molecule has 130 valence electrons. The number of hydrogen-bond acceptors (Lipinski definition) is 4. The molecular formula is C23H16CsN3O. The summed E-state index contributed by atoms with van der Waals surface area (Å²) in [7, 11) is 0. The van der Waals surface area contributed by atoms with Gasteiger partial charge in [-0.05, 0) is 42.5 Å². The van der Waals surface area contributed by atoms with Crippen LogP contribution in [0.3, 0.4) is 0 Å². The van der Waals surface area contributed by atoms with Gasteiger partial charge in [-0.1, -0.05) is 30.3 Å². The van der Waals surface area contributed by atoms with Gasteiger partial charge in [-0.2, -0.15) is 0 Å². The van der Waals surface area contributed by atoms with Gasteiger partial charge in [-0.25, -0.2) is 4.98 Å². The summed E-state index contributed by atoms with van der Waals surface area (Å²) < 4.78 is 0. The number of pyridine rings is 3. The zero-order valence-corrected chi connectivity index (χ0v) is 21.7. The molecule has 4 nitrogen and oxygen atoms in total. The molecule has 3 aromatic heterocycles. The van der Waals surface area contributed by atoms with Gasteiger partial charge in [0.1, 0.15) is 5.75 Å². The Labute approximate surface area is 222 Å². The normalized spacial score (nSPS) is 10.7. The second kappa shape index (κ2) is 8.33. The maximum atomic E-state index is 10.3. The van der Waals surface area contributed by atoms with Gasteiger partial charge < -0.3 is 6.53 Å². The molecule has 3 heterocycles. The molecule has 0 saturated heterocycles. The number of hydrogen-bond donors (Lipinski definition) is 1. The number of phenols is 1. The molecule has 0 aliphatic carbocycles. The number of benzene rings is 2. The van der Waals surface area contributed by atoms with E-state index in [4.69, 9.17) is 4.98 Å². The van der Waals surface area contributed by atoms with E-state index in [1.54, 1.807) is 18.5 Å². The molecule has 0 saturated carbocycles. The fourth-order valence-corrected chi connectivity index (χ4v) is 3.31. The van der Waals surface area contributed by atoms with Gasteiger partial charge in [0, 0.05) is 34.3 Å². The van der Waals surface area contributed by atoms with Crippen LogP contribution in [0.15, 0.2) is 85.2 Å². The van der Waals surface area contributed by atoms with Crippen molar-refractivity contribution in [1.29, 1.82) is 0 Å². The monoisotopic (exact) mass is 483 g/mol. The van der Waals surface area contributed by atoms with Crippen molar-refractivity contribution in [3.63, 3.8) is 0 Å². The molecule has 0 spiro atoms. The van der Waals surface area contributed by atoms with Crippen molar-refractivity contribution in [3.05, 3.63) is 85.2 Å². The zero-order valence-electron chi connectivity index (χ0n) is 16.4. The number of aromatic hydroxyl groups is 1. The summed E-state index contributed by atoms with van der Waals surface area (Å²) in [6.07, 6.45) is 3.50. The van der Waals surface area contributed by atoms with Crippen molar-refractivity contribution in [1.82, 2.24) is 15.0 Å². The van der Waals surface area contributed by atoms with E-state index in [0.717, 1.165) is 38.8 Å². The summed E-state index contributed by atoms with van der Waals surface area (Å²) in [6.45, 7) is 0. The molecule has 0 bridgehead atoms. The molecule has 5 aromatic rings. The maximum absolute atomic E-state index is 10.3. The molecule has 0 unspecified atom stereocenters. The first-order valence-electron chi connectivity index (χ1n) is 8.69. The predicted molar refractivity (Wildman–Crippen MR) is 108 cm³/mol. The fourth-order valence-electron chi connectivity index (χ4n) is 3.31. The van der Waals surface area contributed by atoms with E-state index in [-0.39, 0.29) is 76.1 Å². The number of rotatable bonds is 2. The predicted octanol–water partition coefficient (Wildman–Crippen LogP) is 2.33. The van der Waals surface area contributed by atoms with Crippen LogP contribution in [0.5, 0.6) is 5.75 Å². The molecule has 0 aliphatic rings. The minimum atomic E-state index is 0. The second-order valence-corrected chi connectivity index (χ2v) is 6.36. The SMILES string of the molecule is Oc1ccc(-c2ccc3ccc4cccnc4c3n2)cc1-c1ccccn1.[Cs+].[H-]. The van der Waals surface area contributed by atoms with Crippen LogP contribution in [0.25, 0.3) is 44.3 Å². The third-order valence-electron chi connectivity index (χ3n) is 4.67. The van der Waals surface area contributed by atoms with Crippen molar-refractivity contribution in [2.45, 2.75) is 0 Å². The second-order valence-electron chi connectivity index (χ2n) is 6.36. The maximum Gasteiger partial charge on any atom is 1.00 e. The molecule has 5 rings (SSSR count). The van der Waals surface area contributed by atoms with Crippen molar-refractivity contribution in [2.24, 2.45) is 0 Å². The summed E-state index contributed by atoms with van der Waals surface area (Å²) >= 11 is 0. The number of nitrogens with zero attached hydrogens (tertiary/aromatic N) is 3. The quantitative estimate of drug-likeness (QED) is 0.392. The van der Waals surface area contributed by atoms with Crippen LogP contribution >= 0.6 is 0 Å². The van der Waals surface area contributed by atoms with E-state index in [0.29, 0.717) is 5.56 Å². The van der Waals surface area contributed by atoms with E-state index in [2.05, 4.69) is 28.2 Å². The largest absolute Gasteiger partial charge is 1.00 e. The van der Waals surface area contributed by atoms with Gasteiger partial charge >= 0.3 is 68.9 Å². The molecule has 28 heavy (non-hydrogen) atoms. The summed E-state index contributed by atoms with van der Waals surface area (Å²) in [6, 6.07) is 23.2. The van der Waals surface area contributed by atoms with Crippen molar-refractivity contribution < 1.29 is 75.4 Å². The molecular weight excluding hydrogens is 467 g/mol. The third-order valence-corrected chi connectivity index (χ3v) is 4.67. The topological polar surface area (TPSA) is 58.9 Å². The van der Waals surface area contributed by atoms with E-state index in [1.165, 1.54) is 0 Å². The van der Waals surface area contributed by atoms with Gasteiger partial charge in [0.2, 0.25) is 0 Å². The molecule has 0 fully saturated rings. The smallest absolute Gasteiger partial charge is 1.00 e. The van der Waals surface area contributed by atoms with Crippen molar-refractivity contribution in [3.8, 4) is 28.3 Å². The Bertz CT molecular complexity index is 1300.